The summed E-state index contributed by atoms with van der Waals surface area (Å²) in [4.78, 5) is 42.6. The summed E-state index contributed by atoms with van der Waals surface area (Å²) < 4.78 is 1.23. The Morgan fingerprint density at radius 1 is 1.10 bits per heavy atom. The number of fused-ring (bicyclic) bond motifs is 1. The molecule has 31 heavy (non-hydrogen) atoms. The maximum absolute atomic E-state index is 13.3. The van der Waals surface area contributed by atoms with Gasteiger partial charge in [-0.2, -0.15) is 0 Å². The number of aryl methyl sites for hydroxylation is 1. The van der Waals surface area contributed by atoms with Gasteiger partial charge in [0.25, 0.3) is 5.56 Å². The van der Waals surface area contributed by atoms with Gasteiger partial charge in [0.2, 0.25) is 5.91 Å². The van der Waals surface area contributed by atoms with Crippen molar-refractivity contribution in [2.45, 2.75) is 20.4 Å². The van der Waals surface area contributed by atoms with Crippen LogP contribution in [0.2, 0.25) is 0 Å². The molecule has 7 nitrogen and oxygen atoms in total. The van der Waals surface area contributed by atoms with Crippen LogP contribution in [-0.4, -0.2) is 26.5 Å². The average Bonchev–Trinajstić information content (AvgIpc) is 3.18. The molecule has 0 aliphatic heterocycles. The molecule has 2 aromatic heterocycles. The fourth-order valence-corrected chi connectivity index (χ4v) is 4.26. The van der Waals surface area contributed by atoms with Gasteiger partial charge in [0.1, 0.15) is 17.2 Å². The fourth-order valence-electron chi connectivity index (χ4n) is 3.36. The minimum absolute atomic E-state index is 0.0108. The highest BCUT2D eigenvalue weighted by Gasteiger charge is 2.21. The molecule has 156 valence electrons. The zero-order chi connectivity index (χ0) is 22.1. The van der Waals surface area contributed by atoms with Crippen LogP contribution in [0, 0.1) is 13.8 Å². The molecule has 2 heterocycles. The molecule has 1 amide bonds. The molecule has 0 radical (unpaired) electrons. The van der Waals surface area contributed by atoms with Crippen LogP contribution in [0.1, 0.15) is 21.5 Å². The lowest BCUT2D eigenvalue weighted by molar-refractivity contribution is -0.116. The second kappa shape index (κ2) is 8.16. The molecule has 0 bridgehead atoms. The lowest BCUT2D eigenvalue weighted by Gasteiger charge is -2.14. The Kier molecular flexibility index (Phi) is 5.39. The topological polar surface area (TPSA) is 101 Å². The summed E-state index contributed by atoms with van der Waals surface area (Å²) >= 11 is 1.09. The molecule has 0 aliphatic rings. The van der Waals surface area contributed by atoms with Gasteiger partial charge in [-0.25, -0.2) is 9.78 Å². The van der Waals surface area contributed by atoms with Crippen LogP contribution in [-0.2, 0) is 11.3 Å². The van der Waals surface area contributed by atoms with E-state index in [2.05, 4.69) is 10.3 Å². The molecule has 0 fully saturated rings. The number of carboxylic acid groups (broad SMARTS) is 1. The number of hydrogen-bond donors (Lipinski definition) is 2. The van der Waals surface area contributed by atoms with Gasteiger partial charge in [0.15, 0.2) is 0 Å². The number of rotatable bonds is 5. The number of amides is 1. The molecule has 4 aromatic rings. The minimum atomic E-state index is -1.20. The molecule has 0 saturated heterocycles. The number of aromatic carboxylic acids is 1. The number of carbonyl (C=O) groups excluding carboxylic acids is 1. The van der Waals surface area contributed by atoms with Crippen molar-refractivity contribution in [2.24, 2.45) is 0 Å². The first-order valence-corrected chi connectivity index (χ1v) is 10.4. The monoisotopic (exact) mass is 433 g/mol. The Morgan fingerprint density at radius 2 is 1.84 bits per heavy atom. The number of carbonyl (C=O) groups is 2. The number of anilines is 1. The lowest BCUT2D eigenvalue weighted by atomic mass is 10.1. The number of carboxylic acids is 1. The summed E-state index contributed by atoms with van der Waals surface area (Å²) in [6.45, 7) is 3.56. The highest BCUT2D eigenvalue weighted by atomic mass is 32.1. The molecule has 0 saturated carbocycles. The summed E-state index contributed by atoms with van der Waals surface area (Å²) in [7, 11) is 0. The van der Waals surface area contributed by atoms with Crippen molar-refractivity contribution in [3.05, 3.63) is 81.0 Å². The van der Waals surface area contributed by atoms with E-state index >= 15 is 0 Å². The number of hydrogen-bond acceptors (Lipinski definition) is 5. The molecule has 2 N–H and O–H groups in total. The first kappa shape index (κ1) is 20.5. The highest BCUT2D eigenvalue weighted by molar-refractivity contribution is 7.17. The van der Waals surface area contributed by atoms with Crippen LogP contribution >= 0.6 is 11.3 Å². The molecule has 0 aliphatic carbocycles. The molecule has 0 unspecified atom stereocenters. The van der Waals surface area contributed by atoms with Gasteiger partial charge in [-0.05, 0) is 31.0 Å². The number of thiophene rings is 1. The smallest absolute Gasteiger partial charge is 0.337 e. The van der Waals surface area contributed by atoms with Crippen LogP contribution in [0.5, 0.6) is 0 Å². The minimum Gasteiger partial charge on any atom is -0.478 e. The van der Waals surface area contributed by atoms with Crippen molar-refractivity contribution in [1.82, 2.24) is 9.55 Å². The SMILES string of the molecule is Cc1cccc(NC(=O)Cn2c(-c3ccccc3)nc3scc(C(=O)O)c3c2=O)c1C. The first-order valence-electron chi connectivity index (χ1n) is 9.53. The zero-order valence-corrected chi connectivity index (χ0v) is 17.7. The van der Waals surface area contributed by atoms with E-state index in [-0.39, 0.29) is 17.5 Å². The van der Waals surface area contributed by atoms with E-state index in [4.69, 9.17) is 0 Å². The summed E-state index contributed by atoms with van der Waals surface area (Å²) in [6.07, 6.45) is 0. The number of benzene rings is 2. The Labute approximate surface area is 181 Å². The molecule has 2 aromatic carbocycles. The van der Waals surface area contributed by atoms with Gasteiger partial charge < -0.3 is 10.4 Å². The Hall–Kier alpha value is -3.78. The van der Waals surface area contributed by atoms with E-state index in [1.54, 1.807) is 18.2 Å². The standard InChI is InChI=1S/C23H19N3O4S/c1-13-7-6-10-17(14(13)2)24-18(27)11-26-20(15-8-4-3-5-9-15)25-21-19(22(26)28)16(12-31-21)23(29)30/h3-10,12H,11H2,1-2H3,(H,24,27)(H,29,30). The van der Waals surface area contributed by atoms with Crippen LogP contribution in [0.15, 0.2) is 58.7 Å². The summed E-state index contributed by atoms with van der Waals surface area (Å²) in [6, 6.07) is 14.6. The third kappa shape index (κ3) is 3.85. The number of aromatic nitrogens is 2. The molecule has 0 spiro atoms. The second-order valence-corrected chi connectivity index (χ2v) is 7.98. The van der Waals surface area contributed by atoms with Crippen LogP contribution in [0.4, 0.5) is 5.69 Å². The Bertz CT molecular complexity index is 1370. The Balaban J connectivity index is 1.82. The van der Waals surface area contributed by atoms with Crippen LogP contribution in [0.3, 0.4) is 0 Å². The number of nitrogens with zero attached hydrogens (tertiary/aromatic N) is 2. The number of nitrogens with one attached hydrogen (secondary N) is 1. The van der Waals surface area contributed by atoms with Gasteiger partial charge in [-0.1, -0.05) is 42.5 Å². The first-order chi connectivity index (χ1) is 14.9. The summed E-state index contributed by atoms with van der Waals surface area (Å²) in [5.41, 5.74) is 2.62. The average molecular weight is 433 g/mol. The van der Waals surface area contributed by atoms with Gasteiger partial charge in [0, 0.05) is 16.6 Å². The maximum Gasteiger partial charge on any atom is 0.337 e. The zero-order valence-electron chi connectivity index (χ0n) is 16.9. The van der Waals surface area contributed by atoms with Crippen molar-refractivity contribution in [1.29, 1.82) is 0 Å². The molecular weight excluding hydrogens is 414 g/mol. The van der Waals surface area contributed by atoms with Crippen molar-refractivity contribution >= 4 is 39.1 Å². The van der Waals surface area contributed by atoms with Crippen LogP contribution in [0.25, 0.3) is 21.6 Å². The molecule has 0 atom stereocenters. The Morgan fingerprint density at radius 3 is 2.55 bits per heavy atom. The van der Waals surface area contributed by atoms with E-state index < -0.39 is 17.4 Å². The predicted octanol–water partition coefficient (Wildman–Crippen LogP) is 4.08. The van der Waals surface area contributed by atoms with E-state index in [1.807, 2.05) is 44.2 Å². The van der Waals surface area contributed by atoms with E-state index in [1.165, 1.54) is 9.95 Å². The highest BCUT2D eigenvalue weighted by Crippen LogP contribution is 2.25. The van der Waals surface area contributed by atoms with Crippen molar-refractivity contribution in [2.75, 3.05) is 5.32 Å². The van der Waals surface area contributed by atoms with Gasteiger partial charge in [-0.15, -0.1) is 11.3 Å². The normalized spacial score (nSPS) is 10.9. The van der Waals surface area contributed by atoms with E-state index in [0.29, 0.717) is 21.9 Å². The lowest BCUT2D eigenvalue weighted by Crippen LogP contribution is -2.30. The molecular formula is C23H19N3O4S. The summed E-state index contributed by atoms with van der Waals surface area (Å²) in [5, 5.41) is 13.7. The largest absolute Gasteiger partial charge is 0.478 e. The van der Waals surface area contributed by atoms with E-state index in [0.717, 1.165) is 22.5 Å². The van der Waals surface area contributed by atoms with Gasteiger partial charge >= 0.3 is 5.97 Å². The van der Waals surface area contributed by atoms with Gasteiger partial charge in [0.05, 0.1) is 10.9 Å². The third-order valence-corrected chi connectivity index (χ3v) is 6.01. The van der Waals surface area contributed by atoms with Gasteiger partial charge in [-0.3, -0.25) is 14.2 Å². The quantitative estimate of drug-likeness (QED) is 0.494. The molecule has 4 rings (SSSR count). The second-order valence-electron chi connectivity index (χ2n) is 7.12. The van der Waals surface area contributed by atoms with Crippen molar-refractivity contribution in [3.63, 3.8) is 0 Å². The van der Waals surface area contributed by atoms with Crippen LogP contribution < -0.4 is 10.9 Å². The maximum atomic E-state index is 13.3. The fraction of sp³-hybridized carbons (Fsp3) is 0.130. The predicted molar refractivity (Wildman–Crippen MR) is 121 cm³/mol. The summed E-state index contributed by atoms with van der Waals surface area (Å²) in [5.74, 6) is -1.29. The van der Waals surface area contributed by atoms with Crippen molar-refractivity contribution < 1.29 is 14.7 Å². The van der Waals surface area contributed by atoms with E-state index in [9.17, 15) is 19.5 Å². The third-order valence-electron chi connectivity index (χ3n) is 5.14. The molecule has 8 heteroatoms. The van der Waals surface area contributed by atoms with Crippen molar-refractivity contribution in [3.8, 4) is 11.4 Å².